The lowest BCUT2D eigenvalue weighted by atomic mass is 9.96. The fourth-order valence-corrected chi connectivity index (χ4v) is 5.08. The fourth-order valence-electron chi connectivity index (χ4n) is 4.26. The second kappa shape index (κ2) is 8.80. The number of carbonyl (C=O) groups excluding carboxylic acids is 3. The maximum absolute atomic E-state index is 13.1. The molecule has 0 radical (unpaired) electrons. The number of aryl methyl sites for hydroxylation is 2. The number of nitrogens with one attached hydrogen (secondary N) is 1. The first-order valence-corrected chi connectivity index (χ1v) is 11.8. The number of hydrogen-bond donors (Lipinski definition) is 1. The van der Waals surface area contributed by atoms with E-state index in [0.717, 1.165) is 54.9 Å². The maximum Gasteiger partial charge on any atom is 0.294 e. The predicted molar refractivity (Wildman–Crippen MR) is 139 cm³/mol. The van der Waals surface area contributed by atoms with Crippen LogP contribution >= 0.6 is 11.8 Å². The maximum atomic E-state index is 13.1. The quantitative estimate of drug-likeness (QED) is 0.284. The molecule has 0 unspecified atom stereocenters. The number of fused-ring (bicyclic) bond motifs is 2. The van der Waals surface area contributed by atoms with Gasteiger partial charge in [-0.15, -0.1) is 0 Å². The average Bonchev–Trinajstić information content (AvgIpc) is 3.08. The van der Waals surface area contributed by atoms with Crippen LogP contribution in [0.15, 0.2) is 77.7 Å². The highest BCUT2D eigenvalue weighted by Crippen LogP contribution is 2.36. The first-order chi connectivity index (χ1) is 16.4. The zero-order chi connectivity index (χ0) is 23.8. The zero-order valence-electron chi connectivity index (χ0n) is 18.8. The highest BCUT2D eigenvalue weighted by atomic mass is 32.2. The van der Waals surface area contributed by atoms with Crippen molar-refractivity contribution in [1.82, 2.24) is 4.90 Å². The van der Waals surface area contributed by atoms with E-state index in [1.807, 2.05) is 80.6 Å². The Hall–Kier alpha value is -3.90. The van der Waals surface area contributed by atoms with Crippen LogP contribution in [-0.4, -0.2) is 28.5 Å². The number of nitrogens with zero attached hydrogens (tertiary/aromatic N) is 1. The van der Waals surface area contributed by atoms with Gasteiger partial charge in [0.15, 0.2) is 0 Å². The molecular weight excluding hydrogens is 444 g/mol. The Bertz CT molecular complexity index is 1470. The fraction of sp³-hybridized carbons (Fsp3) is 0.107. The third-order valence-corrected chi connectivity index (χ3v) is 6.83. The molecule has 0 saturated carbocycles. The molecule has 1 N–H and O–H groups in total. The van der Waals surface area contributed by atoms with Crippen molar-refractivity contribution in [2.24, 2.45) is 0 Å². The summed E-state index contributed by atoms with van der Waals surface area (Å²) in [7, 11) is 0. The van der Waals surface area contributed by atoms with Crippen LogP contribution in [-0.2, 0) is 9.59 Å². The molecule has 3 amide bonds. The molecule has 1 fully saturated rings. The van der Waals surface area contributed by atoms with Gasteiger partial charge in [-0.25, -0.2) is 0 Å². The summed E-state index contributed by atoms with van der Waals surface area (Å²) in [6.45, 7) is 3.55. The number of carbonyl (C=O) groups is 3. The van der Waals surface area contributed by atoms with Crippen molar-refractivity contribution >= 4 is 62.1 Å². The average molecular weight is 467 g/mol. The van der Waals surface area contributed by atoms with Gasteiger partial charge in [0.1, 0.15) is 6.54 Å². The van der Waals surface area contributed by atoms with Crippen molar-refractivity contribution in [2.45, 2.75) is 13.8 Å². The number of anilines is 1. The summed E-state index contributed by atoms with van der Waals surface area (Å²) in [4.78, 5) is 39.7. The Morgan fingerprint density at radius 3 is 2.21 bits per heavy atom. The zero-order valence-corrected chi connectivity index (χ0v) is 19.6. The van der Waals surface area contributed by atoms with Gasteiger partial charge in [-0.1, -0.05) is 66.2 Å². The molecule has 0 bridgehead atoms. The van der Waals surface area contributed by atoms with Gasteiger partial charge in [-0.05, 0) is 76.5 Å². The molecule has 1 saturated heterocycles. The van der Waals surface area contributed by atoms with Gasteiger partial charge in [0, 0.05) is 5.69 Å². The molecule has 0 aliphatic carbocycles. The minimum Gasteiger partial charge on any atom is -0.324 e. The monoisotopic (exact) mass is 466 g/mol. The van der Waals surface area contributed by atoms with E-state index >= 15 is 0 Å². The number of benzene rings is 4. The van der Waals surface area contributed by atoms with E-state index in [1.165, 1.54) is 0 Å². The molecule has 4 aromatic carbocycles. The topological polar surface area (TPSA) is 66.5 Å². The minimum atomic E-state index is -0.456. The van der Waals surface area contributed by atoms with Gasteiger partial charge < -0.3 is 5.32 Å². The number of thioether (sulfide) groups is 1. The van der Waals surface area contributed by atoms with Crippen molar-refractivity contribution in [3.63, 3.8) is 0 Å². The molecule has 5 nitrogen and oxygen atoms in total. The van der Waals surface area contributed by atoms with Gasteiger partial charge in [0.2, 0.25) is 5.91 Å². The Balaban J connectivity index is 1.45. The molecule has 0 atom stereocenters. The molecule has 34 heavy (non-hydrogen) atoms. The minimum absolute atomic E-state index is 0.311. The molecule has 0 spiro atoms. The largest absolute Gasteiger partial charge is 0.324 e. The Kier molecular flexibility index (Phi) is 5.67. The van der Waals surface area contributed by atoms with E-state index in [0.29, 0.717) is 10.6 Å². The number of rotatable bonds is 4. The molecule has 1 aliphatic rings. The van der Waals surface area contributed by atoms with Crippen molar-refractivity contribution in [2.75, 3.05) is 11.9 Å². The van der Waals surface area contributed by atoms with E-state index in [9.17, 15) is 14.4 Å². The third-order valence-electron chi connectivity index (χ3n) is 5.92. The van der Waals surface area contributed by atoms with Gasteiger partial charge in [-0.3, -0.25) is 19.3 Å². The van der Waals surface area contributed by atoms with Gasteiger partial charge in [0.05, 0.1) is 4.91 Å². The number of hydrogen-bond acceptors (Lipinski definition) is 4. The molecule has 5 rings (SSSR count). The van der Waals surface area contributed by atoms with Crippen LogP contribution in [0.1, 0.15) is 16.7 Å². The van der Waals surface area contributed by atoms with Crippen molar-refractivity contribution in [3.05, 3.63) is 94.4 Å². The van der Waals surface area contributed by atoms with E-state index < -0.39 is 17.1 Å². The smallest absolute Gasteiger partial charge is 0.294 e. The van der Waals surface area contributed by atoms with Crippen LogP contribution in [0.3, 0.4) is 0 Å². The predicted octanol–water partition coefficient (Wildman–Crippen LogP) is 6.28. The molecular formula is C28H22N2O3S. The number of imide groups is 1. The van der Waals surface area contributed by atoms with Crippen LogP contribution in [0.2, 0.25) is 0 Å². The first kappa shape index (κ1) is 21.9. The number of amides is 3. The summed E-state index contributed by atoms with van der Waals surface area (Å²) >= 11 is 0.866. The van der Waals surface area contributed by atoms with Crippen molar-refractivity contribution in [1.29, 1.82) is 0 Å². The third kappa shape index (κ3) is 4.08. The van der Waals surface area contributed by atoms with E-state index in [4.69, 9.17) is 0 Å². The van der Waals surface area contributed by atoms with E-state index in [1.54, 1.807) is 6.08 Å². The lowest BCUT2D eigenvalue weighted by Crippen LogP contribution is -2.36. The van der Waals surface area contributed by atoms with Crippen LogP contribution in [0.4, 0.5) is 10.5 Å². The summed E-state index contributed by atoms with van der Waals surface area (Å²) in [6.07, 6.45) is 1.78. The van der Waals surface area contributed by atoms with E-state index in [-0.39, 0.29) is 6.54 Å². The van der Waals surface area contributed by atoms with E-state index in [2.05, 4.69) is 11.4 Å². The Labute approximate surface area is 201 Å². The normalized spacial score (nSPS) is 15.0. The van der Waals surface area contributed by atoms with Crippen molar-refractivity contribution < 1.29 is 14.4 Å². The Morgan fingerprint density at radius 2 is 1.56 bits per heavy atom. The molecule has 1 aliphatic heterocycles. The van der Waals surface area contributed by atoms with Crippen LogP contribution in [0.25, 0.3) is 27.6 Å². The van der Waals surface area contributed by atoms with Crippen LogP contribution in [0, 0.1) is 13.8 Å². The van der Waals surface area contributed by atoms with Gasteiger partial charge in [0.25, 0.3) is 11.1 Å². The standard InChI is InChI=1S/C28H22N2O3S/c1-17-11-12-24(18(2)13-17)29-26(31)16-30-27(32)25(34-28(30)33)15-23-21-9-5-3-7-19(21)14-20-8-4-6-10-22(20)23/h3-15H,16H2,1-2H3,(H,29,31)/b25-15+. The van der Waals surface area contributed by atoms with Crippen molar-refractivity contribution in [3.8, 4) is 0 Å². The van der Waals surface area contributed by atoms with Gasteiger partial charge in [-0.2, -0.15) is 0 Å². The van der Waals surface area contributed by atoms with Crippen LogP contribution in [0.5, 0.6) is 0 Å². The Morgan fingerprint density at radius 1 is 0.912 bits per heavy atom. The summed E-state index contributed by atoms with van der Waals surface area (Å²) in [5, 5.41) is 6.47. The highest BCUT2D eigenvalue weighted by molar-refractivity contribution is 8.18. The SMILES string of the molecule is Cc1ccc(NC(=O)CN2C(=O)S/C(=C/c3c4ccccc4cc4ccccc34)C2=O)c(C)c1. The van der Waals surface area contributed by atoms with Gasteiger partial charge >= 0.3 is 0 Å². The lowest BCUT2D eigenvalue weighted by molar-refractivity contribution is -0.127. The summed E-state index contributed by atoms with van der Waals surface area (Å²) in [5.74, 6) is -0.867. The molecule has 4 aromatic rings. The van der Waals surface area contributed by atoms with Crippen LogP contribution < -0.4 is 5.32 Å². The highest BCUT2D eigenvalue weighted by Gasteiger charge is 2.36. The second-order valence-electron chi connectivity index (χ2n) is 8.37. The summed E-state index contributed by atoms with van der Waals surface area (Å²) in [6, 6.07) is 23.7. The lowest BCUT2D eigenvalue weighted by Gasteiger charge is -2.14. The molecule has 1 heterocycles. The summed E-state index contributed by atoms with van der Waals surface area (Å²) in [5.41, 5.74) is 3.57. The molecule has 6 heteroatoms. The molecule has 0 aromatic heterocycles. The first-order valence-electron chi connectivity index (χ1n) is 10.9. The summed E-state index contributed by atoms with van der Waals surface area (Å²) < 4.78 is 0. The second-order valence-corrected chi connectivity index (χ2v) is 9.36. The molecule has 168 valence electrons.